The van der Waals surface area contributed by atoms with Gasteiger partial charge in [0.05, 0.1) is 0 Å². The second-order valence-corrected chi connectivity index (χ2v) is 7.93. The van der Waals surface area contributed by atoms with Crippen molar-refractivity contribution in [1.29, 1.82) is 0 Å². The van der Waals surface area contributed by atoms with Gasteiger partial charge in [-0.15, -0.1) is 0 Å². The van der Waals surface area contributed by atoms with Crippen molar-refractivity contribution in [3.05, 3.63) is 60.2 Å². The summed E-state index contributed by atoms with van der Waals surface area (Å²) in [6.45, 7) is 7.26. The molecular weight excluding hydrogens is 374 g/mol. The van der Waals surface area contributed by atoms with Crippen LogP contribution in [0.15, 0.2) is 54.6 Å². The van der Waals surface area contributed by atoms with Gasteiger partial charge in [-0.1, -0.05) is 44.9 Å². The minimum Gasteiger partial charge on any atom is -0.368 e. The highest BCUT2D eigenvalue weighted by molar-refractivity contribution is 5.94. The molecule has 0 radical (unpaired) electrons. The van der Waals surface area contributed by atoms with Crippen LogP contribution >= 0.6 is 0 Å². The number of carbonyl (C=O) groups excluding carboxylic acids is 2. The zero-order valence-corrected chi connectivity index (χ0v) is 18.1. The van der Waals surface area contributed by atoms with Crippen LogP contribution in [0.4, 0.5) is 11.4 Å². The number of nitrogens with zero attached hydrogens (tertiary/aromatic N) is 2. The molecule has 3 rings (SSSR count). The Hall–Kier alpha value is -2.82. The molecule has 5 heteroatoms. The van der Waals surface area contributed by atoms with Crippen molar-refractivity contribution < 1.29 is 9.59 Å². The van der Waals surface area contributed by atoms with Crippen molar-refractivity contribution in [2.45, 2.75) is 39.5 Å². The molecule has 1 heterocycles. The van der Waals surface area contributed by atoms with Gasteiger partial charge in [-0.2, -0.15) is 0 Å². The topological polar surface area (TPSA) is 52.7 Å². The molecule has 0 aliphatic carbocycles. The van der Waals surface area contributed by atoms with Crippen molar-refractivity contribution in [2.75, 3.05) is 36.4 Å². The molecule has 1 fully saturated rings. The van der Waals surface area contributed by atoms with Crippen LogP contribution in [0.2, 0.25) is 0 Å². The van der Waals surface area contributed by atoms with Gasteiger partial charge >= 0.3 is 0 Å². The first kappa shape index (κ1) is 21.9. The van der Waals surface area contributed by atoms with Crippen molar-refractivity contribution in [3.8, 4) is 0 Å². The summed E-state index contributed by atoms with van der Waals surface area (Å²) in [4.78, 5) is 29.3. The average molecular weight is 408 g/mol. The van der Waals surface area contributed by atoms with Gasteiger partial charge in [0, 0.05) is 49.0 Å². The predicted octanol–water partition coefficient (Wildman–Crippen LogP) is 4.80. The van der Waals surface area contributed by atoms with Crippen molar-refractivity contribution in [2.24, 2.45) is 5.92 Å². The summed E-state index contributed by atoms with van der Waals surface area (Å²) in [6.07, 6.45) is 4.02. The third-order valence-corrected chi connectivity index (χ3v) is 5.86. The molecule has 1 unspecified atom stereocenters. The van der Waals surface area contributed by atoms with Crippen LogP contribution in [0.1, 0.15) is 49.9 Å². The van der Waals surface area contributed by atoms with E-state index in [1.807, 2.05) is 47.4 Å². The molecule has 1 atom stereocenters. The second-order valence-electron chi connectivity index (χ2n) is 7.93. The van der Waals surface area contributed by atoms with Crippen LogP contribution in [-0.4, -0.2) is 42.9 Å². The molecule has 30 heavy (non-hydrogen) atoms. The highest BCUT2D eigenvalue weighted by Gasteiger charge is 2.22. The zero-order valence-electron chi connectivity index (χ0n) is 18.1. The van der Waals surface area contributed by atoms with Gasteiger partial charge < -0.3 is 15.1 Å². The zero-order chi connectivity index (χ0) is 21.3. The first-order chi connectivity index (χ1) is 14.6. The van der Waals surface area contributed by atoms with Crippen LogP contribution < -0.4 is 10.2 Å². The number of hydrogen-bond donors (Lipinski definition) is 1. The van der Waals surface area contributed by atoms with E-state index in [2.05, 4.69) is 36.2 Å². The van der Waals surface area contributed by atoms with Crippen LogP contribution in [0.25, 0.3) is 0 Å². The SMILES string of the molecule is CCCCC(CC)C(=O)Nc1ccc(N2CCN(C(=O)c3ccccc3)CC2)cc1. The third kappa shape index (κ3) is 5.62. The maximum atomic E-state index is 12.6. The quantitative estimate of drug-likeness (QED) is 0.684. The molecule has 1 N–H and O–H groups in total. The molecule has 1 aliphatic heterocycles. The van der Waals surface area contributed by atoms with Gasteiger partial charge in [0.2, 0.25) is 5.91 Å². The number of unbranched alkanes of at least 4 members (excludes halogenated alkanes) is 1. The summed E-state index contributed by atoms with van der Waals surface area (Å²) in [7, 11) is 0. The van der Waals surface area contributed by atoms with Gasteiger partial charge in [-0.3, -0.25) is 9.59 Å². The molecular formula is C25H33N3O2. The predicted molar refractivity (Wildman–Crippen MR) is 123 cm³/mol. The van der Waals surface area contributed by atoms with Crippen LogP contribution in [0.5, 0.6) is 0 Å². The first-order valence-corrected chi connectivity index (χ1v) is 11.1. The highest BCUT2D eigenvalue weighted by atomic mass is 16.2. The number of anilines is 2. The second kappa shape index (κ2) is 10.8. The Kier molecular flexibility index (Phi) is 7.89. The van der Waals surface area contributed by atoms with E-state index in [4.69, 9.17) is 0 Å². The van der Waals surface area contributed by atoms with Crippen LogP contribution in [0.3, 0.4) is 0 Å². The Balaban J connectivity index is 1.52. The van der Waals surface area contributed by atoms with Gasteiger partial charge in [0.25, 0.3) is 5.91 Å². The average Bonchev–Trinajstić information content (AvgIpc) is 2.80. The number of hydrogen-bond acceptors (Lipinski definition) is 3. The number of benzene rings is 2. The highest BCUT2D eigenvalue weighted by Crippen LogP contribution is 2.22. The lowest BCUT2D eigenvalue weighted by atomic mass is 9.98. The fraction of sp³-hybridized carbons (Fsp3) is 0.440. The molecule has 1 saturated heterocycles. The molecule has 5 nitrogen and oxygen atoms in total. The Labute approximate surface area is 180 Å². The minimum atomic E-state index is 0.0832. The standard InChI is InChI=1S/C25H33N3O2/c1-3-5-9-20(4-2)24(29)26-22-12-14-23(15-13-22)27-16-18-28(19-17-27)25(30)21-10-7-6-8-11-21/h6-8,10-15,20H,3-5,9,16-19H2,1-2H3,(H,26,29). The molecule has 1 aliphatic rings. The first-order valence-electron chi connectivity index (χ1n) is 11.1. The summed E-state index contributed by atoms with van der Waals surface area (Å²) < 4.78 is 0. The number of rotatable bonds is 8. The van der Waals surface area contributed by atoms with E-state index < -0.39 is 0 Å². The van der Waals surface area contributed by atoms with Crippen LogP contribution in [-0.2, 0) is 4.79 Å². The summed E-state index contributed by atoms with van der Waals surface area (Å²) in [5, 5.41) is 3.06. The van der Waals surface area contributed by atoms with Gasteiger partial charge in [-0.25, -0.2) is 0 Å². The maximum absolute atomic E-state index is 12.6. The van der Waals surface area contributed by atoms with Gasteiger partial charge in [-0.05, 0) is 49.2 Å². The lowest BCUT2D eigenvalue weighted by Gasteiger charge is -2.36. The van der Waals surface area contributed by atoms with E-state index >= 15 is 0 Å². The molecule has 0 saturated carbocycles. The van der Waals surface area contributed by atoms with E-state index in [0.29, 0.717) is 13.1 Å². The lowest BCUT2D eigenvalue weighted by molar-refractivity contribution is -0.120. The summed E-state index contributed by atoms with van der Waals surface area (Å²) in [5.74, 6) is 0.299. The molecule has 0 aromatic heterocycles. The number of nitrogens with one attached hydrogen (secondary N) is 1. The molecule has 0 spiro atoms. The fourth-order valence-corrected chi connectivity index (χ4v) is 3.90. The molecule has 160 valence electrons. The number of amides is 2. The monoisotopic (exact) mass is 407 g/mol. The van der Waals surface area contributed by atoms with E-state index in [-0.39, 0.29) is 17.7 Å². The normalized spacial score (nSPS) is 15.0. The number of piperazine rings is 1. The van der Waals surface area contributed by atoms with Gasteiger partial charge in [0.15, 0.2) is 0 Å². The smallest absolute Gasteiger partial charge is 0.253 e. The van der Waals surface area contributed by atoms with Crippen molar-refractivity contribution >= 4 is 23.2 Å². The minimum absolute atomic E-state index is 0.0832. The van der Waals surface area contributed by atoms with Crippen molar-refractivity contribution in [3.63, 3.8) is 0 Å². The lowest BCUT2D eigenvalue weighted by Crippen LogP contribution is -2.48. The summed E-state index contributed by atoms with van der Waals surface area (Å²) in [5.41, 5.74) is 2.71. The largest absolute Gasteiger partial charge is 0.368 e. The van der Waals surface area contributed by atoms with E-state index in [9.17, 15) is 9.59 Å². The van der Waals surface area contributed by atoms with Gasteiger partial charge in [0.1, 0.15) is 0 Å². The Morgan fingerprint density at radius 1 is 0.933 bits per heavy atom. The Morgan fingerprint density at radius 2 is 1.60 bits per heavy atom. The maximum Gasteiger partial charge on any atom is 0.253 e. The van der Waals surface area contributed by atoms with E-state index in [0.717, 1.165) is 55.7 Å². The van der Waals surface area contributed by atoms with E-state index in [1.165, 1.54) is 0 Å². The fourth-order valence-electron chi connectivity index (χ4n) is 3.90. The molecule has 2 amide bonds. The molecule has 2 aromatic carbocycles. The van der Waals surface area contributed by atoms with Crippen molar-refractivity contribution in [1.82, 2.24) is 4.90 Å². The Bertz CT molecular complexity index is 812. The van der Waals surface area contributed by atoms with E-state index in [1.54, 1.807) is 0 Å². The summed E-state index contributed by atoms with van der Waals surface area (Å²) in [6, 6.07) is 17.5. The number of carbonyl (C=O) groups is 2. The summed E-state index contributed by atoms with van der Waals surface area (Å²) >= 11 is 0. The molecule has 2 aromatic rings. The third-order valence-electron chi connectivity index (χ3n) is 5.86. The molecule has 0 bridgehead atoms. The Morgan fingerprint density at radius 3 is 2.20 bits per heavy atom. The van der Waals surface area contributed by atoms with Crippen LogP contribution in [0, 0.1) is 5.92 Å².